The number of amides is 1. The number of nitrogens with zero attached hydrogens (tertiary/aromatic N) is 2. The zero-order chi connectivity index (χ0) is 15.4. The molecule has 110 valence electrons. The summed E-state index contributed by atoms with van der Waals surface area (Å²) in [4.78, 5) is 21.2. The van der Waals surface area contributed by atoms with Crippen molar-refractivity contribution in [1.29, 1.82) is 0 Å². The number of carbonyl (C=O) groups is 1. The molecule has 1 amide bonds. The van der Waals surface area contributed by atoms with E-state index in [1.165, 1.54) is 24.4 Å². The molecule has 2 heterocycles. The second kappa shape index (κ2) is 6.36. The number of ether oxygens (including phenoxy) is 1. The number of benzene rings is 1. The van der Waals surface area contributed by atoms with Gasteiger partial charge < -0.3 is 10.1 Å². The summed E-state index contributed by atoms with van der Waals surface area (Å²) in [7, 11) is 1.49. The van der Waals surface area contributed by atoms with Gasteiger partial charge in [0.05, 0.1) is 25.2 Å². The van der Waals surface area contributed by atoms with E-state index in [1.807, 2.05) is 23.6 Å². The summed E-state index contributed by atoms with van der Waals surface area (Å²) in [6.07, 6.45) is 3.01. The number of anilines is 1. The Kier molecular flexibility index (Phi) is 4.11. The molecule has 22 heavy (non-hydrogen) atoms. The highest BCUT2D eigenvalue weighted by Crippen LogP contribution is 2.24. The first kappa shape index (κ1) is 14.2. The third-order valence-corrected chi connectivity index (χ3v) is 3.94. The minimum atomic E-state index is -0.202. The van der Waals surface area contributed by atoms with E-state index in [1.54, 1.807) is 23.5 Å². The molecule has 5 nitrogen and oxygen atoms in total. The minimum Gasteiger partial charge on any atom is -0.467 e. The highest BCUT2D eigenvalue weighted by Gasteiger charge is 2.07. The summed E-state index contributed by atoms with van der Waals surface area (Å²) in [6, 6.07) is 11.8. The molecular weight excluding hydrogens is 298 g/mol. The van der Waals surface area contributed by atoms with Crippen LogP contribution in [-0.4, -0.2) is 23.0 Å². The standard InChI is InChI=1S/C16H13N3O2S/c1-21-16-17-9-13(10-18-16)19-15(20)12-6-4-11(5-7-12)14-3-2-8-22-14/h2-10H,1H3,(H,19,20). The van der Waals surface area contributed by atoms with E-state index in [4.69, 9.17) is 4.74 Å². The number of rotatable bonds is 4. The number of hydrogen-bond acceptors (Lipinski definition) is 5. The van der Waals surface area contributed by atoms with Crippen LogP contribution in [0.5, 0.6) is 6.01 Å². The van der Waals surface area contributed by atoms with E-state index >= 15 is 0 Å². The molecule has 3 aromatic rings. The van der Waals surface area contributed by atoms with Crippen molar-refractivity contribution in [2.24, 2.45) is 0 Å². The fraction of sp³-hybridized carbons (Fsp3) is 0.0625. The van der Waals surface area contributed by atoms with Gasteiger partial charge in [0, 0.05) is 10.4 Å². The number of carbonyl (C=O) groups excluding carboxylic acids is 1. The molecule has 0 fully saturated rings. The number of methoxy groups -OCH3 is 1. The Balaban J connectivity index is 1.71. The van der Waals surface area contributed by atoms with Gasteiger partial charge in [0.2, 0.25) is 0 Å². The quantitative estimate of drug-likeness (QED) is 0.801. The Bertz CT molecular complexity index is 753. The predicted octanol–water partition coefficient (Wildman–Crippen LogP) is 3.47. The van der Waals surface area contributed by atoms with Crippen LogP contribution in [0, 0.1) is 0 Å². The molecule has 0 radical (unpaired) electrons. The third-order valence-electron chi connectivity index (χ3n) is 3.02. The van der Waals surface area contributed by atoms with Crippen molar-refractivity contribution in [3.8, 4) is 16.5 Å². The molecule has 1 N–H and O–H groups in total. The molecular formula is C16H13N3O2S. The summed E-state index contributed by atoms with van der Waals surface area (Å²) in [6.45, 7) is 0. The van der Waals surface area contributed by atoms with E-state index < -0.39 is 0 Å². The maximum Gasteiger partial charge on any atom is 0.316 e. The van der Waals surface area contributed by atoms with Crippen LogP contribution < -0.4 is 10.1 Å². The van der Waals surface area contributed by atoms with Gasteiger partial charge in [0.15, 0.2) is 0 Å². The molecule has 0 saturated carbocycles. The van der Waals surface area contributed by atoms with Gasteiger partial charge in [-0.1, -0.05) is 18.2 Å². The SMILES string of the molecule is COc1ncc(NC(=O)c2ccc(-c3cccs3)cc2)cn1. The van der Waals surface area contributed by atoms with Crippen molar-refractivity contribution in [2.75, 3.05) is 12.4 Å². The Hall–Kier alpha value is -2.73. The molecule has 0 unspecified atom stereocenters. The van der Waals surface area contributed by atoms with Crippen LogP contribution in [0.2, 0.25) is 0 Å². The monoisotopic (exact) mass is 311 g/mol. The second-order valence-electron chi connectivity index (χ2n) is 4.47. The van der Waals surface area contributed by atoms with Crippen molar-refractivity contribution in [3.63, 3.8) is 0 Å². The summed E-state index contributed by atoms with van der Waals surface area (Å²) >= 11 is 1.67. The molecule has 0 atom stereocenters. The fourth-order valence-corrected chi connectivity index (χ4v) is 2.65. The number of nitrogens with one attached hydrogen (secondary N) is 1. The second-order valence-corrected chi connectivity index (χ2v) is 5.41. The van der Waals surface area contributed by atoms with E-state index in [9.17, 15) is 4.79 Å². The van der Waals surface area contributed by atoms with Crippen LogP contribution in [0.4, 0.5) is 5.69 Å². The van der Waals surface area contributed by atoms with Crippen LogP contribution in [-0.2, 0) is 0 Å². The van der Waals surface area contributed by atoms with E-state index in [0.29, 0.717) is 11.3 Å². The smallest absolute Gasteiger partial charge is 0.316 e. The fourth-order valence-electron chi connectivity index (χ4n) is 1.92. The lowest BCUT2D eigenvalue weighted by Gasteiger charge is -2.06. The minimum absolute atomic E-state index is 0.202. The maximum atomic E-state index is 12.2. The van der Waals surface area contributed by atoms with Gasteiger partial charge in [-0.25, -0.2) is 9.97 Å². The first-order chi connectivity index (χ1) is 10.8. The molecule has 0 aliphatic heterocycles. The van der Waals surface area contributed by atoms with Crippen molar-refractivity contribution in [2.45, 2.75) is 0 Å². The number of aromatic nitrogens is 2. The van der Waals surface area contributed by atoms with Crippen LogP contribution in [0.3, 0.4) is 0 Å². The summed E-state index contributed by atoms with van der Waals surface area (Å²) in [5.41, 5.74) is 2.20. The Labute approximate surface area is 131 Å². The highest BCUT2D eigenvalue weighted by molar-refractivity contribution is 7.13. The lowest BCUT2D eigenvalue weighted by Crippen LogP contribution is -2.12. The number of thiophene rings is 1. The Morgan fingerprint density at radius 2 is 1.86 bits per heavy atom. The van der Waals surface area contributed by atoms with Gasteiger partial charge in [-0.2, -0.15) is 0 Å². The molecule has 1 aromatic carbocycles. The zero-order valence-electron chi connectivity index (χ0n) is 11.8. The van der Waals surface area contributed by atoms with Gasteiger partial charge in [-0.3, -0.25) is 4.79 Å². The molecule has 0 bridgehead atoms. The van der Waals surface area contributed by atoms with E-state index in [-0.39, 0.29) is 11.9 Å². The summed E-state index contributed by atoms with van der Waals surface area (Å²) in [5.74, 6) is -0.202. The topological polar surface area (TPSA) is 64.1 Å². The van der Waals surface area contributed by atoms with Crippen molar-refractivity contribution in [3.05, 3.63) is 59.7 Å². The molecule has 0 saturated heterocycles. The van der Waals surface area contributed by atoms with Gasteiger partial charge in [0.25, 0.3) is 5.91 Å². The van der Waals surface area contributed by atoms with Crippen molar-refractivity contribution >= 4 is 22.9 Å². The number of hydrogen-bond donors (Lipinski definition) is 1. The van der Waals surface area contributed by atoms with Crippen LogP contribution in [0.25, 0.3) is 10.4 Å². The lowest BCUT2D eigenvalue weighted by molar-refractivity contribution is 0.102. The molecule has 3 rings (SSSR count). The highest BCUT2D eigenvalue weighted by atomic mass is 32.1. The first-order valence-corrected chi connectivity index (χ1v) is 7.45. The van der Waals surface area contributed by atoms with Crippen molar-refractivity contribution in [1.82, 2.24) is 9.97 Å². The van der Waals surface area contributed by atoms with Crippen LogP contribution >= 0.6 is 11.3 Å². The molecule has 2 aromatic heterocycles. The lowest BCUT2D eigenvalue weighted by atomic mass is 10.1. The first-order valence-electron chi connectivity index (χ1n) is 6.57. The summed E-state index contributed by atoms with van der Waals surface area (Å²) < 4.78 is 4.87. The molecule has 0 spiro atoms. The van der Waals surface area contributed by atoms with Crippen LogP contribution in [0.15, 0.2) is 54.2 Å². The molecule has 6 heteroatoms. The largest absolute Gasteiger partial charge is 0.467 e. The Morgan fingerprint density at radius 3 is 2.45 bits per heavy atom. The summed E-state index contributed by atoms with van der Waals surface area (Å²) in [5, 5.41) is 4.77. The average molecular weight is 311 g/mol. The predicted molar refractivity (Wildman–Crippen MR) is 86.3 cm³/mol. The maximum absolute atomic E-state index is 12.2. The Morgan fingerprint density at radius 1 is 1.14 bits per heavy atom. The molecule has 0 aliphatic rings. The van der Waals surface area contributed by atoms with Gasteiger partial charge in [0.1, 0.15) is 0 Å². The van der Waals surface area contributed by atoms with Crippen molar-refractivity contribution < 1.29 is 9.53 Å². The van der Waals surface area contributed by atoms with Gasteiger partial charge in [-0.05, 0) is 29.1 Å². The normalized spacial score (nSPS) is 10.2. The average Bonchev–Trinajstić information content (AvgIpc) is 3.10. The van der Waals surface area contributed by atoms with Gasteiger partial charge >= 0.3 is 6.01 Å². The van der Waals surface area contributed by atoms with Crippen LogP contribution in [0.1, 0.15) is 10.4 Å². The molecule has 0 aliphatic carbocycles. The van der Waals surface area contributed by atoms with E-state index in [0.717, 1.165) is 5.56 Å². The third kappa shape index (κ3) is 3.12. The zero-order valence-corrected chi connectivity index (χ0v) is 12.6. The van der Waals surface area contributed by atoms with Gasteiger partial charge in [-0.15, -0.1) is 11.3 Å². The van der Waals surface area contributed by atoms with E-state index in [2.05, 4.69) is 21.4 Å².